The van der Waals surface area contributed by atoms with Gasteiger partial charge in [0.1, 0.15) is 5.01 Å². The number of esters is 1. The van der Waals surface area contributed by atoms with E-state index in [0.717, 1.165) is 33.2 Å². The molecule has 0 aliphatic rings. The molecule has 1 N–H and O–H groups in total. The van der Waals surface area contributed by atoms with Gasteiger partial charge in [-0.3, -0.25) is 0 Å². The van der Waals surface area contributed by atoms with Crippen molar-refractivity contribution in [3.8, 4) is 22.0 Å². The Bertz CT molecular complexity index is 785. The summed E-state index contributed by atoms with van der Waals surface area (Å²) in [7, 11) is 1.39. The highest BCUT2D eigenvalue weighted by molar-refractivity contribution is 7.14. The lowest BCUT2D eigenvalue weighted by molar-refractivity contribution is 0.0599. The van der Waals surface area contributed by atoms with Gasteiger partial charge < -0.3 is 9.72 Å². The molecule has 0 spiro atoms. The number of methoxy groups -OCH3 is 1. The van der Waals surface area contributed by atoms with Crippen LogP contribution in [-0.2, 0) is 4.74 Å². The molecule has 3 aromatic rings. The molecule has 0 radical (unpaired) electrons. The van der Waals surface area contributed by atoms with E-state index in [9.17, 15) is 4.79 Å². The van der Waals surface area contributed by atoms with Gasteiger partial charge in [-0.25, -0.2) is 9.78 Å². The van der Waals surface area contributed by atoms with Crippen molar-refractivity contribution in [2.75, 3.05) is 7.11 Å². The fourth-order valence-electron chi connectivity index (χ4n) is 2.32. The summed E-state index contributed by atoms with van der Waals surface area (Å²) in [6, 6.07) is 2.06. The molecule has 0 bridgehead atoms. The number of thiazole rings is 1. The number of aromatic nitrogens is 2. The van der Waals surface area contributed by atoms with Gasteiger partial charge in [0.2, 0.25) is 0 Å². The smallest absolute Gasteiger partial charge is 0.339 e. The van der Waals surface area contributed by atoms with Crippen LogP contribution in [0.5, 0.6) is 0 Å². The molecule has 0 saturated carbocycles. The maximum absolute atomic E-state index is 11.8. The highest BCUT2D eigenvalue weighted by atomic mass is 32.1. The average Bonchev–Trinajstić information content (AvgIpc) is 3.17. The molecular formula is C15H14N2O2S2. The van der Waals surface area contributed by atoms with E-state index in [0.29, 0.717) is 5.56 Å². The number of carbonyl (C=O) groups excluding carboxylic acids is 1. The first-order chi connectivity index (χ1) is 10.1. The highest BCUT2D eigenvalue weighted by Crippen LogP contribution is 2.33. The maximum Gasteiger partial charge on any atom is 0.339 e. The van der Waals surface area contributed by atoms with Gasteiger partial charge in [0, 0.05) is 22.0 Å². The van der Waals surface area contributed by atoms with E-state index in [-0.39, 0.29) is 5.97 Å². The summed E-state index contributed by atoms with van der Waals surface area (Å²) in [6.07, 6.45) is 0. The number of rotatable bonds is 3. The van der Waals surface area contributed by atoms with Crippen LogP contribution in [0, 0.1) is 13.8 Å². The van der Waals surface area contributed by atoms with Crippen LogP contribution in [0.2, 0.25) is 0 Å². The summed E-state index contributed by atoms with van der Waals surface area (Å²) in [4.78, 5) is 19.7. The summed E-state index contributed by atoms with van der Waals surface area (Å²) in [5.41, 5.74) is 5.14. The third-order valence-electron chi connectivity index (χ3n) is 3.36. The molecule has 0 aliphatic heterocycles. The Balaban J connectivity index is 2.04. The Kier molecular flexibility index (Phi) is 3.65. The standard InChI is InChI=1S/C15H14N2O2S2/c1-8-12(15(18)19-3)9(2)16-13(8)11-7-21-14(17-11)10-4-5-20-6-10/h4-7,16H,1-3H3. The van der Waals surface area contributed by atoms with Gasteiger partial charge in [-0.15, -0.1) is 11.3 Å². The Labute approximate surface area is 130 Å². The number of nitrogens with zero attached hydrogens (tertiary/aromatic N) is 1. The third kappa shape index (κ3) is 2.41. The van der Waals surface area contributed by atoms with Crippen LogP contribution in [0.1, 0.15) is 21.6 Å². The van der Waals surface area contributed by atoms with Gasteiger partial charge in [-0.1, -0.05) is 0 Å². The zero-order chi connectivity index (χ0) is 15.0. The minimum atomic E-state index is -0.319. The van der Waals surface area contributed by atoms with Crippen LogP contribution < -0.4 is 0 Å². The van der Waals surface area contributed by atoms with Crippen LogP contribution in [0.4, 0.5) is 0 Å². The average molecular weight is 318 g/mol. The van der Waals surface area contributed by atoms with Gasteiger partial charge >= 0.3 is 5.97 Å². The number of ether oxygens (including phenoxy) is 1. The lowest BCUT2D eigenvalue weighted by Crippen LogP contribution is -2.03. The largest absolute Gasteiger partial charge is 0.465 e. The second-order valence-corrected chi connectivity index (χ2v) is 6.30. The molecule has 0 aromatic carbocycles. The molecule has 0 atom stereocenters. The Morgan fingerprint density at radius 2 is 2.14 bits per heavy atom. The van der Waals surface area contributed by atoms with Crippen LogP contribution in [0.25, 0.3) is 22.0 Å². The van der Waals surface area contributed by atoms with E-state index in [1.807, 2.05) is 24.6 Å². The summed E-state index contributed by atoms with van der Waals surface area (Å²) in [6.45, 7) is 3.78. The second kappa shape index (κ2) is 5.46. The number of carbonyl (C=O) groups is 1. The lowest BCUT2D eigenvalue weighted by atomic mass is 10.1. The van der Waals surface area contributed by atoms with Crippen molar-refractivity contribution >= 4 is 28.6 Å². The number of thiophene rings is 1. The van der Waals surface area contributed by atoms with Gasteiger partial charge in [-0.05, 0) is 30.9 Å². The number of H-pyrrole nitrogens is 1. The second-order valence-electron chi connectivity index (χ2n) is 4.67. The van der Waals surface area contributed by atoms with E-state index < -0.39 is 0 Å². The summed E-state index contributed by atoms with van der Waals surface area (Å²) in [5, 5.41) is 7.11. The molecule has 3 rings (SSSR count). The lowest BCUT2D eigenvalue weighted by Gasteiger charge is -1.99. The molecule has 0 saturated heterocycles. The molecule has 0 aliphatic carbocycles. The molecule has 3 aromatic heterocycles. The van der Waals surface area contributed by atoms with Crippen LogP contribution in [0.3, 0.4) is 0 Å². The zero-order valence-corrected chi connectivity index (χ0v) is 13.5. The molecule has 21 heavy (non-hydrogen) atoms. The topological polar surface area (TPSA) is 55.0 Å². The quantitative estimate of drug-likeness (QED) is 0.734. The van der Waals surface area contributed by atoms with Crippen molar-refractivity contribution in [3.05, 3.63) is 39.0 Å². The fraction of sp³-hybridized carbons (Fsp3) is 0.200. The monoisotopic (exact) mass is 318 g/mol. The van der Waals surface area contributed by atoms with Crippen molar-refractivity contribution in [2.45, 2.75) is 13.8 Å². The molecule has 0 fully saturated rings. The number of aromatic amines is 1. The predicted molar refractivity (Wildman–Crippen MR) is 86.0 cm³/mol. The van der Waals surface area contributed by atoms with Crippen molar-refractivity contribution in [1.29, 1.82) is 0 Å². The van der Waals surface area contributed by atoms with Gasteiger partial charge in [0.05, 0.1) is 24.1 Å². The van der Waals surface area contributed by atoms with Crippen LogP contribution in [0.15, 0.2) is 22.2 Å². The van der Waals surface area contributed by atoms with Crippen molar-refractivity contribution in [3.63, 3.8) is 0 Å². The summed E-state index contributed by atoms with van der Waals surface area (Å²) in [5.74, 6) is -0.319. The minimum Gasteiger partial charge on any atom is -0.465 e. The van der Waals surface area contributed by atoms with Gasteiger partial charge in [-0.2, -0.15) is 11.3 Å². The van der Waals surface area contributed by atoms with Crippen molar-refractivity contribution in [1.82, 2.24) is 9.97 Å². The number of hydrogen-bond acceptors (Lipinski definition) is 5. The van der Waals surface area contributed by atoms with Crippen molar-refractivity contribution in [2.24, 2.45) is 0 Å². The maximum atomic E-state index is 11.8. The first-order valence-electron chi connectivity index (χ1n) is 6.37. The van der Waals surface area contributed by atoms with Crippen LogP contribution in [-0.4, -0.2) is 23.0 Å². The van der Waals surface area contributed by atoms with E-state index in [2.05, 4.69) is 21.4 Å². The van der Waals surface area contributed by atoms with Crippen LogP contribution >= 0.6 is 22.7 Å². The molecule has 108 valence electrons. The Morgan fingerprint density at radius 1 is 1.33 bits per heavy atom. The first kappa shape index (κ1) is 14.0. The van der Waals surface area contributed by atoms with Gasteiger partial charge in [0.15, 0.2) is 0 Å². The molecule has 0 amide bonds. The highest BCUT2D eigenvalue weighted by Gasteiger charge is 2.21. The first-order valence-corrected chi connectivity index (χ1v) is 8.20. The van der Waals surface area contributed by atoms with E-state index in [1.165, 1.54) is 7.11 Å². The predicted octanol–water partition coefficient (Wildman–Crippen LogP) is 4.27. The fourth-order valence-corrected chi connectivity index (χ4v) is 3.84. The third-order valence-corrected chi connectivity index (χ3v) is 4.93. The summed E-state index contributed by atoms with van der Waals surface area (Å²) >= 11 is 3.25. The number of nitrogens with one attached hydrogen (secondary N) is 1. The molecule has 0 unspecified atom stereocenters. The molecular weight excluding hydrogens is 304 g/mol. The Morgan fingerprint density at radius 3 is 2.81 bits per heavy atom. The number of hydrogen-bond donors (Lipinski definition) is 1. The van der Waals surface area contributed by atoms with E-state index >= 15 is 0 Å². The molecule has 4 nitrogen and oxygen atoms in total. The number of aryl methyl sites for hydroxylation is 1. The van der Waals surface area contributed by atoms with Crippen molar-refractivity contribution < 1.29 is 9.53 Å². The van der Waals surface area contributed by atoms with Gasteiger partial charge in [0.25, 0.3) is 0 Å². The summed E-state index contributed by atoms with van der Waals surface area (Å²) < 4.78 is 4.84. The minimum absolute atomic E-state index is 0.319. The normalized spacial score (nSPS) is 10.8. The SMILES string of the molecule is COC(=O)c1c(C)[nH]c(-c2csc(-c3ccsc3)n2)c1C. The molecule has 6 heteroatoms. The zero-order valence-electron chi connectivity index (χ0n) is 11.9. The Hall–Kier alpha value is -1.92. The van der Waals surface area contributed by atoms with E-state index in [1.54, 1.807) is 22.7 Å². The van der Waals surface area contributed by atoms with E-state index in [4.69, 9.17) is 4.74 Å². The molecule has 3 heterocycles.